The summed E-state index contributed by atoms with van der Waals surface area (Å²) >= 11 is 0. The van der Waals surface area contributed by atoms with Crippen molar-refractivity contribution >= 4 is 7.82 Å². The molecular weight excluding hydrogens is 223 g/mol. The fraction of sp³-hybridized carbons (Fsp3) is 0.250. The minimum absolute atomic E-state index is 0.692. The molecular formula is C8H13O6P. The molecule has 1 atom stereocenters. The molecule has 1 aromatic carbocycles. The van der Waals surface area contributed by atoms with Crippen LogP contribution in [0.1, 0.15) is 6.92 Å². The minimum Gasteiger partial charge on any atom is -0.465 e. The van der Waals surface area contributed by atoms with E-state index in [0.29, 0.717) is 5.75 Å². The van der Waals surface area contributed by atoms with Gasteiger partial charge in [0, 0.05) is 0 Å². The Morgan fingerprint density at radius 3 is 1.93 bits per heavy atom. The first-order valence-electron chi connectivity index (χ1n) is 3.97. The molecule has 0 saturated carbocycles. The molecule has 4 N–H and O–H groups in total. The zero-order valence-electron chi connectivity index (χ0n) is 8.02. The molecule has 0 amide bonds. The van der Waals surface area contributed by atoms with E-state index in [1.54, 1.807) is 19.1 Å². The van der Waals surface area contributed by atoms with Crippen LogP contribution in [0.3, 0.4) is 0 Å². The Morgan fingerprint density at radius 2 is 1.60 bits per heavy atom. The van der Waals surface area contributed by atoms with Crippen LogP contribution < -0.4 is 4.74 Å². The minimum atomic E-state index is -4.64. The summed E-state index contributed by atoms with van der Waals surface area (Å²) < 4.78 is 13.9. The summed E-state index contributed by atoms with van der Waals surface area (Å²) in [6.45, 7) is 1.58. The van der Waals surface area contributed by atoms with Crippen LogP contribution in [0, 0.1) is 0 Å². The Bertz CT molecular complexity index is 298. The van der Waals surface area contributed by atoms with E-state index in [2.05, 4.69) is 0 Å². The Kier molecular flexibility index (Phi) is 6.15. The Labute approximate surface area is 87.0 Å². The highest BCUT2D eigenvalue weighted by Crippen LogP contribution is 2.25. The molecule has 0 radical (unpaired) electrons. The molecule has 0 aliphatic rings. The first kappa shape index (κ1) is 14.1. The Morgan fingerprint density at radius 1 is 1.20 bits per heavy atom. The molecule has 0 spiro atoms. The first-order valence-corrected chi connectivity index (χ1v) is 5.53. The normalized spacial score (nSPS) is 12.3. The van der Waals surface area contributed by atoms with E-state index >= 15 is 0 Å². The molecule has 6 nitrogen and oxygen atoms in total. The van der Waals surface area contributed by atoms with Gasteiger partial charge in [-0.15, -0.1) is 0 Å². The van der Waals surface area contributed by atoms with Gasteiger partial charge in [0.1, 0.15) is 5.75 Å². The number of hydrogen-bond acceptors (Lipinski definition) is 3. The van der Waals surface area contributed by atoms with E-state index in [9.17, 15) is 0 Å². The van der Waals surface area contributed by atoms with Crippen LogP contribution in [0.5, 0.6) is 5.75 Å². The highest BCUT2D eigenvalue weighted by molar-refractivity contribution is 7.45. The second-order valence-corrected chi connectivity index (χ2v) is 3.57. The van der Waals surface area contributed by atoms with Crippen LogP contribution in [0.4, 0.5) is 0 Å². The van der Waals surface area contributed by atoms with E-state index in [-0.39, 0.29) is 0 Å². The van der Waals surface area contributed by atoms with E-state index < -0.39 is 14.1 Å². The number of benzene rings is 1. The molecule has 0 aliphatic heterocycles. The van der Waals surface area contributed by atoms with Crippen molar-refractivity contribution in [3.05, 3.63) is 30.3 Å². The second kappa shape index (κ2) is 6.55. The summed E-state index contributed by atoms with van der Waals surface area (Å²) in [7, 11) is -4.64. The monoisotopic (exact) mass is 236 g/mol. The van der Waals surface area contributed by atoms with Gasteiger partial charge < -0.3 is 24.5 Å². The van der Waals surface area contributed by atoms with Crippen LogP contribution in [-0.2, 0) is 4.57 Å². The molecule has 0 heterocycles. The van der Waals surface area contributed by atoms with Crippen molar-refractivity contribution in [2.24, 2.45) is 0 Å². The van der Waals surface area contributed by atoms with Gasteiger partial charge in [-0.25, -0.2) is 4.57 Å². The zero-order chi connectivity index (χ0) is 11.9. The van der Waals surface area contributed by atoms with Crippen molar-refractivity contribution in [2.45, 2.75) is 13.2 Å². The van der Waals surface area contributed by atoms with Gasteiger partial charge in [-0.2, -0.15) is 0 Å². The van der Waals surface area contributed by atoms with Gasteiger partial charge in [0.15, 0.2) is 6.29 Å². The van der Waals surface area contributed by atoms with Crippen LogP contribution in [0.25, 0.3) is 0 Å². The quantitative estimate of drug-likeness (QED) is 0.439. The largest absolute Gasteiger partial charge is 0.466 e. The van der Waals surface area contributed by atoms with E-state index in [1.807, 2.05) is 18.2 Å². The third-order valence-corrected chi connectivity index (χ3v) is 1.05. The number of aliphatic hydroxyl groups is 1. The average Bonchev–Trinajstić information content (AvgIpc) is 2.01. The van der Waals surface area contributed by atoms with Crippen LogP contribution in [0.2, 0.25) is 0 Å². The Hall–Kier alpha value is -0.910. The molecule has 0 aromatic heterocycles. The van der Waals surface area contributed by atoms with Crippen molar-refractivity contribution in [3.8, 4) is 5.75 Å². The summed E-state index contributed by atoms with van der Waals surface area (Å²) in [5.41, 5.74) is 0. The van der Waals surface area contributed by atoms with Crippen molar-refractivity contribution in [1.29, 1.82) is 0 Å². The third kappa shape index (κ3) is 13.1. The Balaban J connectivity index is 0.000000336. The van der Waals surface area contributed by atoms with Crippen molar-refractivity contribution < 1.29 is 29.1 Å². The summed E-state index contributed by atoms with van der Waals surface area (Å²) in [4.78, 5) is 21.6. The van der Waals surface area contributed by atoms with Gasteiger partial charge in [0.05, 0.1) is 0 Å². The van der Waals surface area contributed by atoms with Crippen LogP contribution in [-0.4, -0.2) is 26.1 Å². The summed E-state index contributed by atoms with van der Waals surface area (Å²) in [5, 5.41) is 8.78. The number of ether oxygens (including phenoxy) is 1. The van der Waals surface area contributed by atoms with Gasteiger partial charge in [0.25, 0.3) is 0 Å². The molecule has 1 unspecified atom stereocenters. The average molecular weight is 236 g/mol. The van der Waals surface area contributed by atoms with Gasteiger partial charge in [-0.3, -0.25) is 0 Å². The first-order chi connectivity index (χ1) is 6.79. The standard InChI is InChI=1S/C8H10O2.H3O4P/c1-7(9)10-8-5-3-2-4-6-8;1-5(2,3)4/h2-7,9H,1H3;(H3,1,2,3,4). The van der Waals surface area contributed by atoms with Crippen molar-refractivity contribution in [2.75, 3.05) is 0 Å². The topological polar surface area (TPSA) is 107 Å². The highest BCUT2D eigenvalue weighted by atomic mass is 31.2. The number of aliphatic hydroxyl groups excluding tert-OH is 1. The van der Waals surface area contributed by atoms with E-state index in [1.165, 1.54) is 0 Å². The lowest BCUT2D eigenvalue weighted by molar-refractivity contribution is -0.000292. The molecule has 15 heavy (non-hydrogen) atoms. The van der Waals surface area contributed by atoms with Gasteiger partial charge >= 0.3 is 7.82 Å². The predicted octanol–water partition coefficient (Wildman–Crippen LogP) is 0.475. The summed E-state index contributed by atoms with van der Waals surface area (Å²) in [6.07, 6.45) is -0.734. The molecule has 0 saturated heterocycles. The molecule has 7 heteroatoms. The smallest absolute Gasteiger partial charge is 0.465 e. The number of phosphoric acid groups is 1. The van der Waals surface area contributed by atoms with Crippen molar-refractivity contribution in [3.63, 3.8) is 0 Å². The lowest BCUT2D eigenvalue weighted by Crippen LogP contribution is -2.08. The number of hydrogen-bond donors (Lipinski definition) is 4. The maximum Gasteiger partial charge on any atom is 0.466 e. The van der Waals surface area contributed by atoms with Crippen molar-refractivity contribution in [1.82, 2.24) is 0 Å². The third-order valence-electron chi connectivity index (χ3n) is 1.05. The molecule has 0 bridgehead atoms. The second-order valence-electron chi connectivity index (χ2n) is 2.54. The predicted molar refractivity (Wildman–Crippen MR) is 53.0 cm³/mol. The maximum atomic E-state index is 8.88. The van der Waals surface area contributed by atoms with E-state index in [4.69, 9.17) is 29.1 Å². The molecule has 1 rings (SSSR count). The lowest BCUT2D eigenvalue weighted by atomic mass is 10.3. The molecule has 0 aliphatic carbocycles. The fourth-order valence-corrected chi connectivity index (χ4v) is 0.696. The van der Waals surface area contributed by atoms with E-state index in [0.717, 1.165) is 0 Å². The summed E-state index contributed by atoms with van der Waals surface area (Å²) in [5.74, 6) is 0.692. The maximum absolute atomic E-state index is 8.88. The van der Waals surface area contributed by atoms with Gasteiger partial charge in [-0.05, 0) is 19.1 Å². The van der Waals surface area contributed by atoms with Crippen LogP contribution in [0.15, 0.2) is 30.3 Å². The van der Waals surface area contributed by atoms with Gasteiger partial charge in [-0.1, -0.05) is 18.2 Å². The zero-order valence-corrected chi connectivity index (χ0v) is 8.91. The van der Waals surface area contributed by atoms with Gasteiger partial charge in [0.2, 0.25) is 0 Å². The highest BCUT2D eigenvalue weighted by Gasteiger charge is 2.00. The lowest BCUT2D eigenvalue weighted by Gasteiger charge is -2.06. The van der Waals surface area contributed by atoms with Crippen LogP contribution >= 0.6 is 7.82 Å². The number of para-hydroxylation sites is 1. The summed E-state index contributed by atoms with van der Waals surface area (Å²) in [6, 6.07) is 9.21. The fourth-order valence-electron chi connectivity index (χ4n) is 0.696. The molecule has 1 aromatic rings. The molecule has 86 valence electrons. The SMILES string of the molecule is CC(O)Oc1ccccc1.O=P(O)(O)O. The number of rotatable bonds is 2. The molecule has 0 fully saturated rings.